The summed E-state index contributed by atoms with van der Waals surface area (Å²) < 4.78 is 0. The average Bonchev–Trinajstić information content (AvgIpc) is 2.45. The molecule has 0 aromatic heterocycles. The van der Waals surface area contributed by atoms with Crippen LogP contribution in [0.15, 0.2) is 18.2 Å². The third-order valence-electron chi connectivity index (χ3n) is 3.13. The number of hydrogen-bond donors (Lipinski definition) is 2. The van der Waals surface area contributed by atoms with Crippen molar-refractivity contribution in [3.63, 3.8) is 0 Å². The van der Waals surface area contributed by atoms with Gasteiger partial charge < -0.3 is 16.0 Å². The van der Waals surface area contributed by atoms with E-state index < -0.39 is 0 Å². The van der Waals surface area contributed by atoms with Crippen LogP contribution < -0.4 is 11.1 Å². The molecule has 0 atom stereocenters. The number of carbonyl (C=O) groups excluding carboxylic acids is 1. The zero-order valence-electron chi connectivity index (χ0n) is 13.2. The van der Waals surface area contributed by atoms with Crippen LogP contribution in [0.3, 0.4) is 0 Å². The zero-order chi connectivity index (χ0) is 15.7. The Hall–Kier alpha value is -1.83. The number of aryl methyl sites for hydroxylation is 1. The van der Waals surface area contributed by atoms with E-state index in [-0.39, 0.29) is 5.91 Å². The summed E-state index contributed by atoms with van der Waals surface area (Å²) in [6.45, 7) is 4.05. The van der Waals surface area contributed by atoms with Crippen LogP contribution in [0.25, 0.3) is 0 Å². The number of carbonyl (C=O) groups is 1. The van der Waals surface area contributed by atoms with Crippen molar-refractivity contribution in [2.75, 3.05) is 33.7 Å². The predicted octanol–water partition coefficient (Wildman–Crippen LogP) is 1.38. The highest BCUT2D eigenvalue weighted by atomic mass is 16.1. The fourth-order valence-electron chi connectivity index (χ4n) is 1.95. The molecule has 1 amide bonds. The first-order valence-electron chi connectivity index (χ1n) is 7.27. The fraction of sp³-hybridized carbons (Fsp3) is 0.471. The molecule has 3 N–H and O–H groups in total. The molecule has 1 rings (SSSR count). The van der Waals surface area contributed by atoms with Crippen LogP contribution in [0.5, 0.6) is 0 Å². The van der Waals surface area contributed by atoms with Gasteiger partial charge in [-0.15, -0.1) is 0 Å². The van der Waals surface area contributed by atoms with E-state index in [0.717, 1.165) is 30.5 Å². The maximum Gasteiger partial charge on any atom is 0.251 e. The van der Waals surface area contributed by atoms with Gasteiger partial charge in [-0.25, -0.2) is 0 Å². The van der Waals surface area contributed by atoms with Gasteiger partial charge in [-0.1, -0.05) is 11.8 Å². The SMILES string of the molecule is Cc1cc(C(=O)NCCCCN(C)C)ccc1C#CCN. The standard InChI is InChI=1S/C17H25N3O/c1-14-13-16(9-8-15(14)7-6-10-18)17(21)19-11-4-5-12-20(2)3/h8-9,13H,4-5,10-12,18H2,1-3H3,(H,19,21). The molecular formula is C17H25N3O. The molecule has 0 bridgehead atoms. The molecular weight excluding hydrogens is 262 g/mol. The summed E-state index contributed by atoms with van der Waals surface area (Å²) in [5, 5.41) is 2.95. The van der Waals surface area contributed by atoms with Gasteiger partial charge in [0.1, 0.15) is 0 Å². The monoisotopic (exact) mass is 287 g/mol. The predicted molar refractivity (Wildman–Crippen MR) is 87.2 cm³/mol. The molecule has 0 aliphatic carbocycles. The quantitative estimate of drug-likeness (QED) is 0.614. The van der Waals surface area contributed by atoms with Crippen LogP contribution >= 0.6 is 0 Å². The van der Waals surface area contributed by atoms with E-state index in [9.17, 15) is 4.79 Å². The highest BCUT2D eigenvalue weighted by Gasteiger charge is 2.06. The summed E-state index contributed by atoms with van der Waals surface area (Å²) in [7, 11) is 4.10. The molecule has 0 saturated heterocycles. The van der Waals surface area contributed by atoms with E-state index in [1.165, 1.54) is 0 Å². The van der Waals surface area contributed by atoms with Crippen molar-refractivity contribution < 1.29 is 4.79 Å². The zero-order valence-corrected chi connectivity index (χ0v) is 13.2. The summed E-state index contributed by atoms with van der Waals surface area (Å²) in [5.41, 5.74) is 7.96. The van der Waals surface area contributed by atoms with Crippen LogP contribution in [0, 0.1) is 18.8 Å². The molecule has 114 valence electrons. The number of amides is 1. The number of hydrogen-bond acceptors (Lipinski definition) is 3. The van der Waals surface area contributed by atoms with Gasteiger partial charge >= 0.3 is 0 Å². The van der Waals surface area contributed by atoms with Gasteiger partial charge in [-0.05, 0) is 64.2 Å². The smallest absolute Gasteiger partial charge is 0.251 e. The first-order valence-corrected chi connectivity index (χ1v) is 7.27. The lowest BCUT2D eigenvalue weighted by Crippen LogP contribution is -2.25. The molecule has 0 radical (unpaired) electrons. The van der Waals surface area contributed by atoms with E-state index in [4.69, 9.17) is 5.73 Å². The summed E-state index contributed by atoms with van der Waals surface area (Å²) >= 11 is 0. The molecule has 0 fully saturated rings. The summed E-state index contributed by atoms with van der Waals surface area (Å²) in [4.78, 5) is 14.2. The minimum absolute atomic E-state index is 0.0266. The minimum Gasteiger partial charge on any atom is -0.352 e. The van der Waals surface area contributed by atoms with Crippen LogP contribution in [0.2, 0.25) is 0 Å². The van der Waals surface area contributed by atoms with Crippen molar-refractivity contribution >= 4 is 5.91 Å². The van der Waals surface area contributed by atoms with Crippen molar-refractivity contribution in [1.29, 1.82) is 0 Å². The largest absolute Gasteiger partial charge is 0.352 e. The third kappa shape index (κ3) is 6.44. The van der Waals surface area contributed by atoms with Gasteiger partial charge in [0.2, 0.25) is 0 Å². The number of nitrogens with two attached hydrogens (primary N) is 1. The van der Waals surface area contributed by atoms with Gasteiger partial charge in [0, 0.05) is 17.7 Å². The van der Waals surface area contributed by atoms with E-state index in [2.05, 4.69) is 36.2 Å². The molecule has 4 nitrogen and oxygen atoms in total. The Bertz CT molecular complexity index is 527. The Morgan fingerprint density at radius 3 is 2.71 bits per heavy atom. The van der Waals surface area contributed by atoms with Crippen molar-refractivity contribution in [3.05, 3.63) is 34.9 Å². The Morgan fingerprint density at radius 1 is 1.33 bits per heavy atom. The van der Waals surface area contributed by atoms with Crippen molar-refractivity contribution in [3.8, 4) is 11.8 Å². The van der Waals surface area contributed by atoms with Crippen LogP contribution in [-0.4, -0.2) is 44.5 Å². The second-order valence-electron chi connectivity index (χ2n) is 5.30. The third-order valence-corrected chi connectivity index (χ3v) is 3.13. The summed E-state index contributed by atoms with van der Waals surface area (Å²) in [5.74, 6) is 5.80. The van der Waals surface area contributed by atoms with Crippen molar-refractivity contribution in [2.45, 2.75) is 19.8 Å². The number of nitrogens with zero attached hydrogens (tertiary/aromatic N) is 1. The Morgan fingerprint density at radius 2 is 2.10 bits per heavy atom. The molecule has 4 heteroatoms. The molecule has 0 aliphatic rings. The van der Waals surface area contributed by atoms with E-state index >= 15 is 0 Å². The average molecular weight is 287 g/mol. The second kappa shape index (κ2) is 9.17. The first-order chi connectivity index (χ1) is 10.0. The first kappa shape index (κ1) is 17.2. The highest BCUT2D eigenvalue weighted by Crippen LogP contribution is 2.10. The highest BCUT2D eigenvalue weighted by molar-refractivity contribution is 5.94. The Kier molecular flexibility index (Phi) is 7.52. The summed E-state index contributed by atoms with van der Waals surface area (Å²) in [6.07, 6.45) is 2.07. The lowest BCUT2D eigenvalue weighted by atomic mass is 10.0. The van der Waals surface area contributed by atoms with Crippen molar-refractivity contribution in [2.24, 2.45) is 5.73 Å². The van der Waals surface area contributed by atoms with Gasteiger partial charge in [0.15, 0.2) is 0 Å². The minimum atomic E-state index is -0.0266. The molecule has 0 heterocycles. The van der Waals surface area contributed by atoms with Gasteiger partial charge in [0.25, 0.3) is 5.91 Å². The topological polar surface area (TPSA) is 58.4 Å². The fourth-order valence-corrected chi connectivity index (χ4v) is 1.95. The number of benzene rings is 1. The molecule has 1 aromatic carbocycles. The molecule has 1 aromatic rings. The van der Waals surface area contributed by atoms with E-state index in [1.807, 2.05) is 25.1 Å². The molecule has 21 heavy (non-hydrogen) atoms. The van der Waals surface area contributed by atoms with Gasteiger partial charge in [0.05, 0.1) is 6.54 Å². The number of nitrogens with one attached hydrogen (secondary N) is 1. The van der Waals surface area contributed by atoms with E-state index in [0.29, 0.717) is 18.7 Å². The molecule has 0 aliphatic heterocycles. The van der Waals surface area contributed by atoms with Crippen molar-refractivity contribution in [1.82, 2.24) is 10.2 Å². The van der Waals surface area contributed by atoms with Crippen LogP contribution in [-0.2, 0) is 0 Å². The van der Waals surface area contributed by atoms with Gasteiger partial charge in [-0.3, -0.25) is 4.79 Å². The maximum absolute atomic E-state index is 12.0. The normalized spacial score (nSPS) is 10.1. The van der Waals surface area contributed by atoms with Crippen LogP contribution in [0.1, 0.15) is 34.3 Å². The lowest BCUT2D eigenvalue weighted by Gasteiger charge is -2.10. The van der Waals surface area contributed by atoms with Crippen LogP contribution in [0.4, 0.5) is 0 Å². The lowest BCUT2D eigenvalue weighted by molar-refractivity contribution is 0.0952. The maximum atomic E-state index is 12.0. The summed E-state index contributed by atoms with van der Waals surface area (Å²) in [6, 6.07) is 5.55. The molecule has 0 spiro atoms. The molecule has 0 unspecified atom stereocenters. The number of unbranched alkanes of at least 4 members (excludes halogenated alkanes) is 1. The Balaban J connectivity index is 2.49. The van der Waals surface area contributed by atoms with Gasteiger partial charge in [-0.2, -0.15) is 0 Å². The molecule has 0 saturated carbocycles. The Labute approximate surface area is 127 Å². The number of rotatable bonds is 6. The van der Waals surface area contributed by atoms with E-state index in [1.54, 1.807) is 0 Å². The second-order valence-corrected chi connectivity index (χ2v) is 5.30.